The lowest BCUT2D eigenvalue weighted by Crippen LogP contribution is -2.41. The van der Waals surface area contributed by atoms with Gasteiger partial charge in [-0.15, -0.1) is 11.3 Å². The van der Waals surface area contributed by atoms with Crippen molar-refractivity contribution >= 4 is 22.9 Å². The fourth-order valence-electron chi connectivity index (χ4n) is 1.93. The first-order valence-electron chi connectivity index (χ1n) is 5.99. The first kappa shape index (κ1) is 13.5. The van der Waals surface area contributed by atoms with E-state index in [0.717, 1.165) is 10.6 Å². The van der Waals surface area contributed by atoms with Crippen molar-refractivity contribution in [3.8, 4) is 0 Å². The molecular formula is C14H17N3OS. The summed E-state index contributed by atoms with van der Waals surface area (Å²) < 4.78 is 0. The van der Waals surface area contributed by atoms with Crippen LogP contribution < -0.4 is 11.1 Å². The number of rotatable bonds is 3. The molecule has 1 heterocycles. The summed E-state index contributed by atoms with van der Waals surface area (Å²) in [6.45, 7) is 5.73. The van der Waals surface area contributed by atoms with Gasteiger partial charge in [-0.1, -0.05) is 12.1 Å². The van der Waals surface area contributed by atoms with Crippen LogP contribution in [0.1, 0.15) is 34.8 Å². The highest BCUT2D eigenvalue weighted by atomic mass is 32.1. The Kier molecular flexibility index (Phi) is 3.57. The van der Waals surface area contributed by atoms with E-state index in [1.165, 1.54) is 11.3 Å². The maximum absolute atomic E-state index is 12.4. The Bertz CT molecular complexity index is 570. The highest BCUT2D eigenvalue weighted by Gasteiger charge is 2.27. The van der Waals surface area contributed by atoms with Crippen LogP contribution in [0.4, 0.5) is 5.69 Å². The monoisotopic (exact) mass is 275 g/mol. The summed E-state index contributed by atoms with van der Waals surface area (Å²) in [6, 6.07) is 5.45. The standard InChI is InChI=1S/C14H17N3OS/c1-9-5-4-6-10(15)11(9)12(18)17-14(2,3)13-16-7-8-19-13/h4-8H,15H2,1-3H3,(H,17,18). The SMILES string of the molecule is Cc1cccc(N)c1C(=O)NC(C)(C)c1nccs1. The topological polar surface area (TPSA) is 68.0 Å². The highest BCUT2D eigenvalue weighted by Crippen LogP contribution is 2.24. The molecule has 1 aromatic heterocycles. The van der Waals surface area contributed by atoms with Gasteiger partial charge in [0, 0.05) is 17.3 Å². The number of hydrogen-bond acceptors (Lipinski definition) is 4. The van der Waals surface area contributed by atoms with Gasteiger partial charge < -0.3 is 11.1 Å². The number of nitrogens with one attached hydrogen (secondary N) is 1. The first-order valence-corrected chi connectivity index (χ1v) is 6.87. The molecule has 5 heteroatoms. The van der Waals surface area contributed by atoms with Crippen LogP contribution >= 0.6 is 11.3 Å². The van der Waals surface area contributed by atoms with E-state index in [4.69, 9.17) is 5.73 Å². The predicted octanol–water partition coefficient (Wildman–Crippen LogP) is 2.70. The molecule has 19 heavy (non-hydrogen) atoms. The minimum Gasteiger partial charge on any atom is -0.398 e. The molecule has 1 aromatic carbocycles. The van der Waals surface area contributed by atoms with Gasteiger partial charge in [-0.2, -0.15) is 0 Å². The van der Waals surface area contributed by atoms with E-state index in [2.05, 4.69) is 10.3 Å². The zero-order valence-corrected chi connectivity index (χ0v) is 12.0. The molecule has 2 aromatic rings. The van der Waals surface area contributed by atoms with Crippen molar-refractivity contribution in [1.29, 1.82) is 0 Å². The Hall–Kier alpha value is -1.88. The molecule has 0 aliphatic heterocycles. The summed E-state index contributed by atoms with van der Waals surface area (Å²) in [5, 5.41) is 5.75. The normalized spacial score (nSPS) is 11.3. The molecule has 0 fully saturated rings. The van der Waals surface area contributed by atoms with Crippen molar-refractivity contribution < 1.29 is 4.79 Å². The summed E-state index contributed by atoms with van der Waals surface area (Å²) in [5.41, 5.74) is 7.27. The molecule has 0 atom stereocenters. The average molecular weight is 275 g/mol. The van der Waals surface area contributed by atoms with Crippen molar-refractivity contribution in [2.45, 2.75) is 26.3 Å². The van der Waals surface area contributed by atoms with Crippen molar-refractivity contribution in [2.24, 2.45) is 0 Å². The van der Waals surface area contributed by atoms with E-state index in [1.807, 2.05) is 38.3 Å². The Balaban J connectivity index is 2.27. The van der Waals surface area contributed by atoms with Gasteiger partial charge in [0.1, 0.15) is 5.01 Å². The molecule has 3 N–H and O–H groups in total. The molecule has 0 saturated carbocycles. The maximum atomic E-state index is 12.4. The van der Waals surface area contributed by atoms with E-state index in [0.29, 0.717) is 11.3 Å². The van der Waals surface area contributed by atoms with Gasteiger partial charge in [0.2, 0.25) is 0 Å². The maximum Gasteiger partial charge on any atom is 0.254 e. The number of carbonyl (C=O) groups excluding carboxylic acids is 1. The summed E-state index contributed by atoms with van der Waals surface area (Å²) in [5.74, 6) is -0.171. The van der Waals surface area contributed by atoms with Gasteiger partial charge in [0.25, 0.3) is 5.91 Å². The molecule has 0 saturated heterocycles. The van der Waals surface area contributed by atoms with Gasteiger partial charge >= 0.3 is 0 Å². The largest absolute Gasteiger partial charge is 0.398 e. The second kappa shape index (κ2) is 5.01. The number of benzene rings is 1. The minimum atomic E-state index is -0.514. The number of carbonyl (C=O) groups is 1. The van der Waals surface area contributed by atoms with E-state index in [9.17, 15) is 4.79 Å². The second-order valence-electron chi connectivity index (χ2n) is 4.96. The van der Waals surface area contributed by atoms with Gasteiger partial charge in [-0.05, 0) is 32.4 Å². The van der Waals surface area contributed by atoms with E-state index >= 15 is 0 Å². The molecular weight excluding hydrogens is 258 g/mol. The van der Waals surface area contributed by atoms with Crippen molar-refractivity contribution in [1.82, 2.24) is 10.3 Å². The zero-order valence-electron chi connectivity index (χ0n) is 11.2. The smallest absolute Gasteiger partial charge is 0.254 e. The van der Waals surface area contributed by atoms with Gasteiger partial charge in [0.15, 0.2) is 0 Å². The molecule has 0 bridgehead atoms. The molecule has 0 aliphatic carbocycles. The number of nitrogen functional groups attached to an aromatic ring is 1. The van der Waals surface area contributed by atoms with Crippen LogP contribution in [0.25, 0.3) is 0 Å². The van der Waals surface area contributed by atoms with E-state index in [1.54, 1.807) is 12.3 Å². The average Bonchev–Trinajstić information content (AvgIpc) is 2.81. The molecule has 0 radical (unpaired) electrons. The lowest BCUT2D eigenvalue weighted by Gasteiger charge is -2.24. The molecule has 0 spiro atoms. The number of aromatic nitrogens is 1. The summed E-state index contributed by atoms with van der Waals surface area (Å²) in [4.78, 5) is 16.6. The number of anilines is 1. The van der Waals surface area contributed by atoms with Crippen LogP contribution in [0.15, 0.2) is 29.8 Å². The van der Waals surface area contributed by atoms with Gasteiger partial charge in [-0.3, -0.25) is 4.79 Å². The molecule has 4 nitrogen and oxygen atoms in total. The van der Waals surface area contributed by atoms with Gasteiger partial charge in [0.05, 0.1) is 11.1 Å². The third-order valence-corrected chi connectivity index (χ3v) is 4.02. The fourth-order valence-corrected chi connectivity index (χ4v) is 2.65. The molecule has 0 unspecified atom stereocenters. The number of aryl methyl sites for hydroxylation is 1. The minimum absolute atomic E-state index is 0.171. The lowest BCUT2D eigenvalue weighted by molar-refractivity contribution is 0.0912. The van der Waals surface area contributed by atoms with Crippen LogP contribution in [-0.2, 0) is 5.54 Å². The zero-order chi connectivity index (χ0) is 14.0. The molecule has 2 rings (SSSR count). The van der Waals surface area contributed by atoms with E-state index < -0.39 is 5.54 Å². The Morgan fingerprint density at radius 1 is 1.42 bits per heavy atom. The van der Waals surface area contributed by atoms with Crippen molar-refractivity contribution in [3.63, 3.8) is 0 Å². The second-order valence-corrected chi connectivity index (χ2v) is 5.85. The van der Waals surface area contributed by atoms with Crippen LogP contribution in [-0.4, -0.2) is 10.9 Å². The Labute approximate surface area is 116 Å². The number of nitrogens with zero attached hydrogens (tertiary/aromatic N) is 1. The fraction of sp³-hybridized carbons (Fsp3) is 0.286. The van der Waals surface area contributed by atoms with Crippen molar-refractivity contribution in [2.75, 3.05) is 5.73 Å². The Morgan fingerprint density at radius 2 is 2.16 bits per heavy atom. The van der Waals surface area contributed by atoms with Gasteiger partial charge in [-0.25, -0.2) is 4.98 Å². The van der Waals surface area contributed by atoms with Crippen molar-refractivity contribution in [3.05, 3.63) is 45.9 Å². The number of nitrogens with two attached hydrogens (primary N) is 1. The lowest BCUT2D eigenvalue weighted by atomic mass is 10.0. The highest BCUT2D eigenvalue weighted by molar-refractivity contribution is 7.09. The Morgan fingerprint density at radius 3 is 2.74 bits per heavy atom. The predicted molar refractivity (Wildman–Crippen MR) is 78.2 cm³/mol. The van der Waals surface area contributed by atoms with Crippen LogP contribution in [0, 0.1) is 6.92 Å². The number of thiazole rings is 1. The summed E-state index contributed by atoms with van der Waals surface area (Å²) in [7, 11) is 0. The third-order valence-electron chi connectivity index (χ3n) is 2.93. The quantitative estimate of drug-likeness (QED) is 0.846. The van der Waals surface area contributed by atoms with Crippen LogP contribution in [0.5, 0.6) is 0 Å². The molecule has 1 amide bonds. The third kappa shape index (κ3) is 2.76. The molecule has 0 aliphatic rings. The summed E-state index contributed by atoms with van der Waals surface area (Å²) >= 11 is 1.52. The number of amides is 1. The molecule has 100 valence electrons. The van der Waals surface area contributed by atoms with Crippen LogP contribution in [0.2, 0.25) is 0 Å². The van der Waals surface area contributed by atoms with E-state index in [-0.39, 0.29) is 5.91 Å². The first-order chi connectivity index (χ1) is 8.92. The van der Waals surface area contributed by atoms with Crippen LogP contribution in [0.3, 0.4) is 0 Å². The summed E-state index contributed by atoms with van der Waals surface area (Å²) in [6.07, 6.45) is 1.73. The number of hydrogen-bond donors (Lipinski definition) is 2.